The second-order valence-corrected chi connectivity index (χ2v) is 15.5. The summed E-state index contributed by atoms with van der Waals surface area (Å²) in [4.78, 5) is 22.6. The minimum absolute atomic E-state index is 0.0510. The predicted molar refractivity (Wildman–Crippen MR) is 204 cm³/mol. The second-order valence-electron chi connectivity index (χ2n) is 14.0. The first-order valence-corrected chi connectivity index (χ1v) is 21.9. The van der Waals surface area contributed by atoms with Crippen LogP contribution in [0.4, 0.5) is 0 Å². The van der Waals surface area contributed by atoms with Gasteiger partial charge >= 0.3 is 7.82 Å². The van der Waals surface area contributed by atoms with Gasteiger partial charge in [0.15, 0.2) is 0 Å². The molecular weight excluding hydrogens is 639 g/mol. The number of aliphatic hydroxyl groups is 2. The molecule has 49 heavy (non-hydrogen) atoms. The molecule has 0 aliphatic heterocycles. The molecule has 6 N–H and O–H groups in total. The van der Waals surface area contributed by atoms with E-state index >= 15 is 0 Å². The number of unbranched alkanes of at least 4 members (excludes halogenated alkanes) is 24. The van der Waals surface area contributed by atoms with Crippen LogP contribution in [0.3, 0.4) is 0 Å². The zero-order valence-electron chi connectivity index (χ0n) is 31.8. The highest BCUT2D eigenvalue weighted by Gasteiger charge is 2.27. The molecule has 0 bridgehead atoms. The van der Waals surface area contributed by atoms with Crippen LogP contribution in [0, 0.1) is 0 Å². The normalized spacial score (nSPS) is 15.0. The molecule has 0 aromatic carbocycles. The smallest absolute Gasteiger partial charge is 0.393 e. The summed E-state index contributed by atoms with van der Waals surface area (Å²) in [6.07, 6.45) is 34.5. The maximum atomic E-state index is 12.7. The molecule has 0 aromatic heterocycles. The summed E-state index contributed by atoms with van der Waals surface area (Å²) in [7, 11) is -4.39. The van der Waals surface area contributed by atoms with Crippen molar-refractivity contribution in [3.05, 3.63) is 12.2 Å². The third kappa shape index (κ3) is 34.1. The van der Waals surface area contributed by atoms with E-state index in [1.807, 2.05) is 6.08 Å². The van der Waals surface area contributed by atoms with E-state index in [9.17, 15) is 24.5 Å². The summed E-state index contributed by atoms with van der Waals surface area (Å²) in [5, 5.41) is 23.9. The van der Waals surface area contributed by atoms with Crippen LogP contribution in [0.15, 0.2) is 12.2 Å². The van der Waals surface area contributed by atoms with Crippen molar-refractivity contribution in [1.29, 1.82) is 0 Å². The van der Waals surface area contributed by atoms with E-state index in [2.05, 4.69) is 19.2 Å². The van der Waals surface area contributed by atoms with E-state index in [1.165, 1.54) is 128 Å². The molecular formula is C39H79N2O7P. The average Bonchev–Trinajstić information content (AvgIpc) is 3.07. The molecule has 0 heterocycles. The SMILES string of the molecule is CCCCCCCCC/C=C/C(O)C(COP(=O)(O)OCCN)NC(=O)CC(O)CCCCCCCCCCCCCCCCCCCC. The van der Waals surface area contributed by atoms with Crippen LogP contribution in [0.5, 0.6) is 0 Å². The summed E-state index contributed by atoms with van der Waals surface area (Å²) < 4.78 is 22.0. The number of amides is 1. The Labute approximate surface area is 301 Å². The molecule has 10 heteroatoms. The fourth-order valence-electron chi connectivity index (χ4n) is 6.06. The Morgan fingerprint density at radius 1 is 0.694 bits per heavy atom. The summed E-state index contributed by atoms with van der Waals surface area (Å²) in [5.74, 6) is -0.446. The minimum atomic E-state index is -4.39. The lowest BCUT2D eigenvalue weighted by molar-refractivity contribution is -0.124. The van der Waals surface area contributed by atoms with Crippen LogP contribution >= 0.6 is 7.82 Å². The standard InChI is InChI=1S/C39H79N2O7P/c1-3-5-7-9-11-13-14-15-16-17-18-19-20-21-23-24-26-28-30-36(42)34-39(44)41-37(35-48-49(45,46)47-33-32-40)38(43)31-29-27-25-22-12-10-8-6-4-2/h29,31,36-38,42-43H,3-28,30,32-35,40H2,1-2H3,(H,41,44)(H,45,46)/b31-29+. The largest absolute Gasteiger partial charge is 0.472 e. The Bertz CT molecular complexity index is 801. The van der Waals surface area contributed by atoms with Crippen LogP contribution in [-0.4, -0.2) is 59.0 Å². The van der Waals surface area contributed by atoms with Gasteiger partial charge in [-0.25, -0.2) is 4.57 Å². The lowest BCUT2D eigenvalue weighted by atomic mass is 10.0. The van der Waals surface area contributed by atoms with Gasteiger partial charge in [0.05, 0.1) is 37.9 Å². The quantitative estimate of drug-likeness (QED) is 0.0240. The highest BCUT2D eigenvalue weighted by Crippen LogP contribution is 2.43. The van der Waals surface area contributed by atoms with Gasteiger partial charge in [-0.15, -0.1) is 0 Å². The van der Waals surface area contributed by atoms with Crippen molar-refractivity contribution in [1.82, 2.24) is 5.32 Å². The van der Waals surface area contributed by atoms with Crippen molar-refractivity contribution >= 4 is 13.7 Å². The Morgan fingerprint density at radius 2 is 1.12 bits per heavy atom. The topological polar surface area (TPSA) is 151 Å². The number of allylic oxidation sites excluding steroid dienone is 1. The second kappa shape index (κ2) is 35.6. The van der Waals surface area contributed by atoms with Crippen LogP contribution in [0.1, 0.15) is 194 Å². The zero-order chi connectivity index (χ0) is 36.3. The van der Waals surface area contributed by atoms with Crippen LogP contribution in [-0.2, 0) is 18.4 Å². The van der Waals surface area contributed by atoms with Gasteiger partial charge in [-0.1, -0.05) is 180 Å². The summed E-state index contributed by atoms with van der Waals surface area (Å²) in [6.45, 7) is 3.94. The molecule has 0 aliphatic carbocycles. The zero-order valence-corrected chi connectivity index (χ0v) is 32.7. The average molecular weight is 719 g/mol. The fourth-order valence-corrected chi connectivity index (χ4v) is 6.82. The van der Waals surface area contributed by atoms with E-state index in [-0.39, 0.29) is 19.6 Å². The van der Waals surface area contributed by atoms with Crippen molar-refractivity contribution in [2.75, 3.05) is 19.8 Å². The monoisotopic (exact) mass is 719 g/mol. The molecule has 0 saturated carbocycles. The maximum absolute atomic E-state index is 12.7. The number of hydrogen-bond donors (Lipinski definition) is 5. The number of carbonyl (C=O) groups excluding carboxylic acids is 1. The van der Waals surface area contributed by atoms with Gasteiger partial charge in [0.25, 0.3) is 0 Å². The van der Waals surface area contributed by atoms with Crippen molar-refractivity contribution < 1.29 is 33.5 Å². The molecule has 0 fully saturated rings. The van der Waals surface area contributed by atoms with Crippen LogP contribution < -0.4 is 11.1 Å². The van der Waals surface area contributed by atoms with E-state index in [0.717, 1.165) is 38.5 Å². The van der Waals surface area contributed by atoms with Gasteiger partial charge in [-0.05, 0) is 19.3 Å². The molecule has 0 radical (unpaired) electrons. The lowest BCUT2D eigenvalue weighted by Gasteiger charge is -2.24. The van der Waals surface area contributed by atoms with E-state index in [1.54, 1.807) is 6.08 Å². The van der Waals surface area contributed by atoms with Crippen molar-refractivity contribution in [2.24, 2.45) is 5.73 Å². The fraction of sp³-hybridized carbons (Fsp3) is 0.923. The molecule has 292 valence electrons. The van der Waals surface area contributed by atoms with Gasteiger partial charge < -0.3 is 26.2 Å². The number of nitrogens with one attached hydrogen (secondary N) is 1. The number of phosphoric acid groups is 1. The molecule has 1 amide bonds. The Kier molecular flexibility index (Phi) is 35.0. The van der Waals surface area contributed by atoms with Gasteiger partial charge in [-0.2, -0.15) is 0 Å². The van der Waals surface area contributed by atoms with Gasteiger partial charge in [-0.3, -0.25) is 13.8 Å². The molecule has 0 saturated heterocycles. The summed E-state index contributed by atoms with van der Waals surface area (Å²) in [6, 6.07) is -0.975. The molecule has 9 nitrogen and oxygen atoms in total. The number of rotatable bonds is 38. The molecule has 0 spiro atoms. The highest BCUT2D eigenvalue weighted by molar-refractivity contribution is 7.47. The van der Waals surface area contributed by atoms with Gasteiger partial charge in [0, 0.05) is 6.54 Å². The van der Waals surface area contributed by atoms with Crippen LogP contribution in [0.2, 0.25) is 0 Å². The number of aliphatic hydroxyl groups excluding tert-OH is 2. The maximum Gasteiger partial charge on any atom is 0.472 e. The minimum Gasteiger partial charge on any atom is -0.393 e. The van der Waals surface area contributed by atoms with Crippen molar-refractivity contribution in [3.63, 3.8) is 0 Å². The first-order chi connectivity index (χ1) is 23.8. The number of phosphoric ester groups is 1. The first kappa shape index (κ1) is 48.2. The molecule has 4 unspecified atom stereocenters. The third-order valence-corrected chi connectivity index (χ3v) is 10.2. The van der Waals surface area contributed by atoms with Crippen molar-refractivity contribution in [3.8, 4) is 0 Å². The molecule has 4 atom stereocenters. The molecule has 0 aliphatic rings. The number of carbonyl (C=O) groups is 1. The summed E-state index contributed by atoms with van der Waals surface area (Å²) >= 11 is 0. The number of nitrogens with two attached hydrogens (primary N) is 1. The molecule has 0 rings (SSSR count). The first-order valence-electron chi connectivity index (χ1n) is 20.4. The third-order valence-electron chi connectivity index (χ3n) is 9.17. The highest BCUT2D eigenvalue weighted by atomic mass is 31.2. The Hall–Kier alpha value is -0.800. The Balaban J connectivity index is 4.21. The van der Waals surface area contributed by atoms with E-state index < -0.39 is 38.6 Å². The molecule has 0 aromatic rings. The predicted octanol–water partition coefficient (Wildman–Crippen LogP) is 9.80. The van der Waals surface area contributed by atoms with Crippen molar-refractivity contribution in [2.45, 2.75) is 212 Å². The van der Waals surface area contributed by atoms with Gasteiger partial charge in [0.2, 0.25) is 5.91 Å². The Morgan fingerprint density at radius 3 is 1.57 bits per heavy atom. The van der Waals surface area contributed by atoms with E-state index in [4.69, 9.17) is 14.8 Å². The summed E-state index contributed by atoms with van der Waals surface area (Å²) in [5.41, 5.74) is 5.34. The van der Waals surface area contributed by atoms with Gasteiger partial charge in [0.1, 0.15) is 0 Å². The number of hydrogen-bond acceptors (Lipinski definition) is 7. The lowest BCUT2D eigenvalue weighted by Crippen LogP contribution is -2.46. The van der Waals surface area contributed by atoms with E-state index in [0.29, 0.717) is 6.42 Å². The van der Waals surface area contributed by atoms with Crippen LogP contribution in [0.25, 0.3) is 0 Å².